The Kier molecular flexibility index (Phi) is 4.01. The van der Waals surface area contributed by atoms with Crippen LogP contribution >= 0.6 is 0 Å². The molecule has 0 bridgehead atoms. The molecule has 1 aromatic rings. The number of hydrogen-bond donors (Lipinski definition) is 1. The van der Waals surface area contributed by atoms with E-state index in [2.05, 4.69) is 11.4 Å². The lowest BCUT2D eigenvalue weighted by Crippen LogP contribution is -2.48. The fourth-order valence-corrected chi connectivity index (χ4v) is 3.11. The van der Waals surface area contributed by atoms with Gasteiger partial charge in [0.15, 0.2) is 0 Å². The van der Waals surface area contributed by atoms with Crippen LogP contribution in [0.2, 0.25) is 0 Å². The Bertz CT molecular complexity index is 532. The molecule has 0 aromatic heterocycles. The standard InChI is InChI=1S/C16H22N2O3/c1-11-14(7-9-21-11)17-16(19)18-8-6-13-12(10-18)4-3-5-15(13)20-2/h3-5,11,14H,6-10H2,1-2H3,(H,17,19). The van der Waals surface area contributed by atoms with Gasteiger partial charge in [-0.3, -0.25) is 0 Å². The quantitative estimate of drug-likeness (QED) is 0.905. The summed E-state index contributed by atoms with van der Waals surface area (Å²) in [6.45, 7) is 4.10. The van der Waals surface area contributed by atoms with Crippen LogP contribution in [-0.2, 0) is 17.7 Å². The largest absolute Gasteiger partial charge is 0.496 e. The predicted octanol–water partition coefficient (Wildman–Crippen LogP) is 1.94. The number of nitrogens with one attached hydrogen (secondary N) is 1. The molecule has 2 aliphatic rings. The van der Waals surface area contributed by atoms with Crippen LogP contribution in [0.15, 0.2) is 18.2 Å². The molecule has 2 unspecified atom stereocenters. The van der Waals surface area contributed by atoms with Crippen molar-refractivity contribution in [3.8, 4) is 5.75 Å². The maximum absolute atomic E-state index is 12.4. The third-order valence-corrected chi connectivity index (χ3v) is 4.42. The van der Waals surface area contributed by atoms with Gasteiger partial charge in [-0.25, -0.2) is 4.79 Å². The molecule has 0 aliphatic carbocycles. The van der Waals surface area contributed by atoms with Crippen molar-refractivity contribution in [2.75, 3.05) is 20.3 Å². The second-order valence-corrected chi connectivity index (χ2v) is 5.69. The molecule has 0 saturated carbocycles. The van der Waals surface area contributed by atoms with Crippen molar-refractivity contribution in [3.63, 3.8) is 0 Å². The molecule has 1 aromatic carbocycles. The van der Waals surface area contributed by atoms with Gasteiger partial charge < -0.3 is 19.7 Å². The number of fused-ring (bicyclic) bond motifs is 1. The summed E-state index contributed by atoms with van der Waals surface area (Å²) in [4.78, 5) is 14.3. The number of rotatable bonds is 2. The number of nitrogens with zero attached hydrogens (tertiary/aromatic N) is 1. The molecule has 5 nitrogen and oxygen atoms in total. The molecule has 3 rings (SSSR count). The highest BCUT2D eigenvalue weighted by molar-refractivity contribution is 5.75. The van der Waals surface area contributed by atoms with Crippen molar-refractivity contribution >= 4 is 6.03 Å². The second kappa shape index (κ2) is 5.93. The Morgan fingerprint density at radius 1 is 1.48 bits per heavy atom. The van der Waals surface area contributed by atoms with Crippen LogP contribution in [0.3, 0.4) is 0 Å². The van der Waals surface area contributed by atoms with Crippen LogP contribution in [-0.4, -0.2) is 43.3 Å². The molecule has 2 atom stereocenters. The first-order valence-electron chi connectivity index (χ1n) is 7.51. The lowest BCUT2D eigenvalue weighted by molar-refractivity contribution is 0.111. The first-order valence-corrected chi connectivity index (χ1v) is 7.51. The van der Waals surface area contributed by atoms with Gasteiger partial charge in [-0.05, 0) is 31.4 Å². The number of urea groups is 1. The van der Waals surface area contributed by atoms with Gasteiger partial charge in [-0.1, -0.05) is 12.1 Å². The lowest BCUT2D eigenvalue weighted by atomic mass is 9.99. The summed E-state index contributed by atoms with van der Waals surface area (Å²) in [5, 5.41) is 3.09. The number of benzene rings is 1. The topological polar surface area (TPSA) is 50.8 Å². The van der Waals surface area contributed by atoms with E-state index in [1.54, 1.807) is 7.11 Å². The van der Waals surface area contributed by atoms with Crippen molar-refractivity contribution in [2.45, 2.75) is 38.5 Å². The van der Waals surface area contributed by atoms with E-state index in [0.29, 0.717) is 6.54 Å². The molecule has 2 heterocycles. The Morgan fingerprint density at radius 3 is 3.05 bits per heavy atom. The summed E-state index contributed by atoms with van der Waals surface area (Å²) < 4.78 is 10.9. The Labute approximate surface area is 125 Å². The van der Waals surface area contributed by atoms with Gasteiger partial charge >= 0.3 is 6.03 Å². The van der Waals surface area contributed by atoms with Gasteiger partial charge in [0.05, 0.1) is 19.3 Å². The van der Waals surface area contributed by atoms with Gasteiger partial charge in [0.1, 0.15) is 5.75 Å². The first-order chi connectivity index (χ1) is 10.2. The molecule has 1 saturated heterocycles. The third kappa shape index (κ3) is 2.83. The zero-order chi connectivity index (χ0) is 14.8. The maximum atomic E-state index is 12.4. The molecule has 1 N–H and O–H groups in total. The second-order valence-electron chi connectivity index (χ2n) is 5.69. The van der Waals surface area contributed by atoms with Crippen LogP contribution in [0.5, 0.6) is 5.75 Å². The van der Waals surface area contributed by atoms with E-state index in [1.807, 2.05) is 24.0 Å². The number of carbonyl (C=O) groups excluding carboxylic acids is 1. The zero-order valence-corrected chi connectivity index (χ0v) is 12.6. The van der Waals surface area contributed by atoms with Crippen LogP contribution in [0.1, 0.15) is 24.5 Å². The Morgan fingerprint density at radius 2 is 2.33 bits per heavy atom. The van der Waals surface area contributed by atoms with E-state index in [0.717, 1.165) is 31.7 Å². The normalized spacial score (nSPS) is 24.6. The van der Waals surface area contributed by atoms with Crippen LogP contribution in [0.25, 0.3) is 0 Å². The first kappa shape index (κ1) is 14.2. The van der Waals surface area contributed by atoms with Gasteiger partial charge in [-0.15, -0.1) is 0 Å². The predicted molar refractivity (Wildman–Crippen MR) is 79.5 cm³/mol. The molecule has 0 radical (unpaired) electrons. The SMILES string of the molecule is COc1cccc2c1CCN(C(=O)NC1CCOC1C)C2. The summed E-state index contributed by atoms with van der Waals surface area (Å²) in [5.41, 5.74) is 2.40. The van der Waals surface area contributed by atoms with E-state index in [4.69, 9.17) is 9.47 Å². The highest BCUT2D eigenvalue weighted by Gasteiger charge is 2.29. The molecule has 2 aliphatic heterocycles. The average Bonchev–Trinajstić information content (AvgIpc) is 2.91. The fourth-order valence-electron chi connectivity index (χ4n) is 3.11. The summed E-state index contributed by atoms with van der Waals surface area (Å²) in [6, 6.07) is 6.16. The minimum Gasteiger partial charge on any atom is -0.496 e. The molecule has 0 spiro atoms. The van der Waals surface area contributed by atoms with E-state index in [-0.39, 0.29) is 18.2 Å². The zero-order valence-electron chi connectivity index (χ0n) is 12.6. The summed E-state index contributed by atoms with van der Waals surface area (Å²) >= 11 is 0. The maximum Gasteiger partial charge on any atom is 0.318 e. The number of methoxy groups -OCH3 is 1. The average molecular weight is 290 g/mol. The molecule has 1 fully saturated rings. The van der Waals surface area contributed by atoms with Crippen molar-refractivity contribution in [1.82, 2.24) is 10.2 Å². The highest BCUT2D eigenvalue weighted by atomic mass is 16.5. The summed E-state index contributed by atoms with van der Waals surface area (Å²) in [5.74, 6) is 0.922. The van der Waals surface area contributed by atoms with E-state index in [1.165, 1.54) is 11.1 Å². The van der Waals surface area contributed by atoms with Crippen LogP contribution in [0.4, 0.5) is 4.79 Å². The van der Waals surface area contributed by atoms with Crippen LogP contribution in [0, 0.1) is 0 Å². The highest BCUT2D eigenvalue weighted by Crippen LogP contribution is 2.27. The van der Waals surface area contributed by atoms with Crippen molar-refractivity contribution < 1.29 is 14.3 Å². The third-order valence-electron chi connectivity index (χ3n) is 4.42. The fraction of sp³-hybridized carbons (Fsp3) is 0.562. The number of amides is 2. The van der Waals surface area contributed by atoms with Gasteiger partial charge in [0, 0.05) is 25.3 Å². The van der Waals surface area contributed by atoms with Gasteiger partial charge in [0.2, 0.25) is 0 Å². The number of ether oxygens (including phenoxy) is 2. The van der Waals surface area contributed by atoms with E-state index in [9.17, 15) is 4.79 Å². The lowest BCUT2D eigenvalue weighted by Gasteiger charge is -2.31. The number of carbonyl (C=O) groups is 1. The van der Waals surface area contributed by atoms with Gasteiger partial charge in [-0.2, -0.15) is 0 Å². The van der Waals surface area contributed by atoms with Crippen molar-refractivity contribution in [2.24, 2.45) is 0 Å². The smallest absolute Gasteiger partial charge is 0.318 e. The van der Waals surface area contributed by atoms with E-state index < -0.39 is 0 Å². The van der Waals surface area contributed by atoms with Crippen molar-refractivity contribution in [1.29, 1.82) is 0 Å². The number of hydrogen-bond acceptors (Lipinski definition) is 3. The van der Waals surface area contributed by atoms with Gasteiger partial charge in [0.25, 0.3) is 0 Å². The molecule has 2 amide bonds. The molecule has 114 valence electrons. The molecular formula is C16H22N2O3. The van der Waals surface area contributed by atoms with E-state index >= 15 is 0 Å². The minimum atomic E-state index is 0.00539. The Balaban J connectivity index is 1.67. The van der Waals surface area contributed by atoms with Crippen molar-refractivity contribution in [3.05, 3.63) is 29.3 Å². The summed E-state index contributed by atoms with van der Waals surface area (Å²) in [7, 11) is 1.69. The molecule has 21 heavy (non-hydrogen) atoms. The summed E-state index contributed by atoms with van der Waals surface area (Å²) in [6.07, 6.45) is 1.83. The Hall–Kier alpha value is -1.75. The molecular weight excluding hydrogens is 268 g/mol. The molecule has 5 heteroatoms. The monoisotopic (exact) mass is 290 g/mol. The minimum absolute atomic E-state index is 0.00539. The van der Waals surface area contributed by atoms with Crippen LogP contribution < -0.4 is 10.1 Å².